The van der Waals surface area contributed by atoms with Gasteiger partial charge in [0.15, 0.2) is 0 Å². The van der Waals surface area contributed by atoms with Gasteiger partial charge in [0.25, 0.3) is 0 Å². The van der Waals surface area contributed by atoms with Crippen LogP contribution in [0, 0.1) is 5.92 Å². The Labute approximate surface area is 115 Å². The molecule has 0 aliphatic heterocycles. The number of hydrogen-bond acceptors (Lipinski definition) is 6. The van der Waals surface area contributed by atoms with Crippen LogP contribution in [0.25, 0.3) is 0 Å². The Balaban J connectivity index is 2.28. The van der Waals surface area contributed by atoms with E-state index in [4.69, 9.17) is 10.5 Å². The number of aromatic nitrogens is 2. The molecule has 0 aliphatic carbocycles. The molecule has 108 valence electrons. The van der Waals surface area contributed by atoms with Gasteiger partial charge >= 0.3 is 0 Å². The van der Waals surface area contributed by atoms with Crippen LogP contribution < -0.4 is 16.4 Å². The maximum absolute atomic E-state index is 5.64. The first-order valence-corrected chi connectivity index (χ1v) is 6.81. The topological polar surface area (TPSA) is 85.1 Å². The van der Waals surface area contributed by atoms with Crippen LogP contribution in [0.4, 0.5) is 17.6 Å². The fraction of sp³-hybridized carbons (Fsp3) is 0.692. The SMILES string of the molecule is CCNc1cc(NCCOCCC(C)C)nc(N)n1. The zero-order valence-corrected chi connectivity index (χ0v) is 12.1. The summed E-state index contributed by atoms with van der Waals surface area (Å²) in [6.45, 7) is 9.35. The third-order valence-corrected chi connectivity index (χ3v) is 2.49. The smallest absolute Gasteiger partial charge is 0.223 e. The highest BCUT2D eigenvalue weighted by molar-refractivity contribution is 5.50. The van der Waals surface area contributed by atoms with Crippen molar-refractivity contribution < 1.29 is 4.74 Å². The Morgan fingerprint density at radius 3 is 2.53 bits per heavy atom. The molecule has 0 aliphatic rings. The van der Waals surface area contributed by atoms with Gasteiger partial charge < -0.3 is 21.1 Å². The molecule has 6 heteroatoms. The number of nitrogen functional groups attached to an aromatic ring is 1. The predicted molar refractivity (Wildman–Crippen MR) is 79.4 cm³/mol. The summed E-state index contributed by atoms with van der Waals surface area (Å²) < 4.78 is 5.52. The van der Waals surface area contributed by atoms with Crippen LogP contribution in [0.2, 0.25) is 0 Å². The Morgan fingerprint density at radius 1 is 1.21 bits per heavy atom. The second-order valence-corrected chi connectivity index (χ2v) is 4.75. The number of nitrogens with two attached hydrogens (primary N) is 1. The average Bonchev–Trinajstić information content (AvgIpc) is 2.33. The summed E-state index contributed by atoms with van der Waals surface area (Å²) in [7, 11) is 0. The molecule has 1 aromatic heterocycles. The van der Waals surface area contributed by atoms with E-state index in [2.05, 4.69) is 34.4 Å². The van der Waals surface area contributed by atoms with E-state index < -0.39 is 0 Å². The van der Waals surface area contributed by atoms with Crippen LogP contribution in [0.15, 0.2) is 6.07 Å². The fourth-order valence-electron chi connectivity index (χ4n) is 1.50. The van der Waals surface area contributed by atoms with Crippen LogP contribution in [-0.4, -0.2) is 36.3 Å². The number of anilines is 3. The molecule has 0 unspecified atom stereocenters. The molecule has 1 aromatic rings. The van der Waals surface area contributed by atoms with Crippen molar-refractivity contribution in [3.05, 3.63) is 6.07 Å². The van der Waals surface area contributed by atoms with Crippen molar-refractivity contribution in [3.8, 4) is 0 Å². The second-order valence-electron chi connectivity index (χ2n) is 4.75. The summed E-state index contributed by atoms with van der Waals surface area (Å²) in [5.74, 6) is 2.40. The largest absolute Gasteiger partial charge is 0.380 e. The van der Waals surface area contributed by atoms with E-state index in [9.17, 15) is 0 Å². The van der Waals surface area contributed by atoms with Gasteiger partial charge in [-0.1, -0.05) is 13.8 Å². The molecule has 6 nitrogen and oxygen atoms in total. The number of hydrogen-bond donors (Lipinski definition) is 3. The lowest BCUT2D eigenvalue weighted by molar-refractivity contribution is 0.132. The minimum atomic E-state index is 0.265. The van der Waals surface area contributed by atoms with Crippen LogP contribution >= 0.6 is 0 Å². The summed E-state index contributed by atoms with van der Waals surface area (Å²) in [6.07, 6.45) is 1.09. The molecule has 0 saturated carbocycles. The van der Waals surface area contributed by atoms with Gasteiger partial charge in [-0.15, -0.1) is 0 Å². The first-order chi connectivity index (χ1) is 9.11. The van der Waals surface area contributed by atoms with Gasteiger partial charge in [-0.2, -0.15) is 9.97 Å². The van der Waals surface area contributed by atoms with Gasteiger partial charge in [0.05, 0.1) is 6.61 Å². The highest BCUT2D eigenvalue weighted by Gasteiger charge is 2.01. The highest BCUT2D eigenvalue weighted by atomic mass is 16.5. The third-order valence-electron chi connectivity index (χ3n) is 2.49. The zero-order valence-electron chi connectivity index (χ0n) is 12.1. The van der Waals surface area contributed by atoms with Crippen molar-refractivity contribution in [3.63, 3.8) is 0 Å². The van der Waals surface area contributed by atoms with Crippen molar-refractivity contribution in [2.75, 3.05) is 42.7 Å². The third kappa shape index (κ3) is 6.81. The Morgan fingerprint density at radius 2 is 1.89 bits per heavy atom. The van der Waals surface area contributed by atoms with E-state index >= 15 is 0 Å². The molecule has 1 rings (SSSR count). The van der Waals surface area contributed by atoms with Gasteiger partial charge in [-0.25, -0.2) is 0 Å². The summed E-state index contributed by atoms with van der Waals surface area (Å²) in [6, 6.07) is 1.84. The first-order valence-electron chi connectivity index (χ1n) is 6.81. The molecule has 0 saturated heterocycles. The van der Waals surface area contributed by atoms with E-state index in [1.54, 1.807) is 0 Å². The molecular formula is C13H25N5O. The molecule has 4 N–H and O–H groups in total. The van der Waals surface area contributed by atoms with Gasteiger partial charge in [-0.05, 0) is 19.3 Å². The molecule has 0 fully saturated rings. The second kappa shape index (κ2) is 8.53. The number of nitrogens with one attached hydrogen (secondary N) is 2. The van der Waals surface area contributed by atoms with Crippen molar-refractivity contribution in [1.82, 2.24) is 9.97 Å². The Bertz CT molecular complexity index is 370. The standard InChI is InChI=1S/C13H25N5O/c1-4-15-11-9-12(18-13(14)17-11)16-6-8-19-7-5-10(2)3/h9-10H,4-8H2,1-3H3,(H4,14,15,16,17,18). The van der Waals surface area contributed by atoms with E-state index in [0.29, 0.717) is 19.1 Å². The van der Waals surface area contributed by atoms with Gasteiger partial charge in [0, 0.05) is 25.8 Å². The molecular weight excluding hydrogens is 242 g/mol. The van der Waals surface area contributed by atoms with E-state index in [0.717, 1.165) is 31.2 Å². The van der Waals surface area contributed by atoms with Crippen molar-refractivity contribution >= 4 is 17.6 Å². The molecule has 0 bridgehead atoms. The van der Waals surface area contributed by atoms with Crippen LogP contribution in [0.3, 0.4) is 0 Å². The Kier molecular flexibility index (Phi) is 6.95. The predicted octanol–water partition coefficient (Wildman–Crippen LogP) is 1.97. The van der Waals surface area contributed by atoms with Crippen molar-refractivity contribution in [2.24, 2.45) is 5.92 Å². The molecule has 0 radical (unpaired) electrons. The normalized spacial score (nSPS) is 10.7. The summed E-state index contributed by atoms with van der Waals surface area (Å²) >= 11 is 0. The van der Waals surface area contributed by atoms with E-state index in [-0.39, 0.29) is 5.95 Å². The fourth-order valence-corrected chi connectivity index (χ4v) is 1.50. The van der Waals surface area contributed by atoms with Crippen LogP contribution in [0.5, 0.6) is 0 Å². The molecule has 0 spiro atoms. The lowest BCUT2D eigenvalue weighted by Crippen LogP contribution is -2.13. The molecule has 1 heterocycles. The van der Waals surface area contributed by atoms with Crippen LogP contribution in [0.1, 0.15) is 27.2 Å². The molecule has 0 atom stereocenters. The van der Waals surface area contributed by atoms with Crippen molar-refractivity contribution in [1.29, 1.82) is 0 Å². The quantitative estimate of drug-likeness (QED) is 0.593. The molecule has 0 aromatic carbocycles. The zero-order chi connectivity index (χ0) is 14.1. The highest BCUT2D eigenvalue weighted by Crippen LogP contribution is 2.11. The summed E-state index contributed by atoms with van der Waals surface area (Å²) in [5.41, 5.74) is 5.64. The minimum Gasteiger partial charge on any atom is -0.380 e. The Hall–Kier alpha value is -1.56. The first kappa shape index (κ1) is 15.5. The molecule has 19 heavy (non-hydrogen) atoms. The number of rotatable bonds is 9. The lowest BCUT2D eigenvalue weighted by Gasteiger charge is -2.10. The average molecular weight is 267 g/mol. The summed E-state index contributed by atoms with van der Waals surface area (Å²) in [5, 5.41) is 6.29. The van der Waals surface area contributed by atoms with Crippen molar-refractivity contribution in [2.45, 2.75) is 27.2 Å². The van der Waals surface area contributed by atoms with E-state index in [1.165, 1.54) is 0 Å². The van der Waals surface area contributed by atoms with E-state index in [1.807, 2.05) is 13.0 Å². The summed E-state index contributed by atoms with van der Waals surface area (Å²) in [4.78, 5) is 8.21. The molecule has 0 amide bonds. The van der Waals surface area contributed by atoms with Gasteiger partial charge in [0.1, 0.15) is 11.6 Å². The maximum atomic E-state index is 5.64. The number of ether oxygens (including phenoxy) is 1. The minimum absolute atomic E-state index is 0.265. The number of nitrogens with zero attached hydrogens (tertiary/aromatic N) is 2. The monoisotopic (exact) mass is 267 g/mol. The van der Waals surface area contributed by atoms with Gasteiger partial charge in [0.2, 0.25) is 5.95 Å². The maximum Gasteiger partial charge on any atom is 0.223 e. The lowest BCUT2D eigenvalue weighted by atomic mass is 10.1. The van der Waals surface area contributed by atoms with Crippen LogP contribution in [-0.2, 0) is 4.74 Å². The van der Waals surface area contributed by atoms with Gasteiger partial charge in [-0.3, -0.25) is 0 Å².